The van der Waals surface area contributed by atoms with Gasteiger partial charge in [-0.25, -0.2) is 0 Å². The molecule has 0 atom stereocenters. The third-order valence-electron chi connectivity index (χ3n) is 0. The Labute approximate surface area is 41.4 Å². The van der Waals surface area contributed by atoms with Crippen LogP contribution in [0.25, 0.3) is 0 Å². The van der Waals surface area contributed by atoms with Crippen molar-refractivity contribution in [2.75, 3.05) is 0 Å². The van der Waals surface area contributed by atoms with Gasteiger partial charge in [0.05, 0.1) is 0 Å². The maximum absolute atomic E-state index is 5.62. The molecule has 0 spiro atoms. The Hall–Kier alpha value is 0.332. The standard InChI is InChI=1S/C3H7.Cr.HN/c1-3-2;;/h3H,1-2H3;;1H/q-1;;. The van der Waals surface area contributed by atoms with Gasteiger partial charge in [0, 0.05) is 0 Å². The molecule has 0 bridgehead atoms. The van der Waals surface area contributed by atoms with Crippen LogP contribution in [0, 0.1) is 10.8 Å². The summed E-state index contributed by atoms with van der Waals surface area (Å²) < 4.78 is 5.62. The Bertz CT molecular complexity index is 10.9. The molecule has 0 saturated carbocycles. The molecular weight excluding hydrogens is 102 g/mol. The van der Waals surface area contributed by atoms with Crippen LogP contribution in [-0.2, 0) is 16.1 Å². The van der Waals surface area contributed by atoms with Crippen LogP contribution in [0.1, 0.15) is 13.8 Å². The fourth-order valence-corrected chi connectivity index (χ4v) is 0. The SMILES string of the molecule is C[CH-]C.[NH]=[Cr]. The van der Waals surface area contributed by atoms with Gasteiger partial charge in [0.2, 0.25) is 0 Å². The first-order valence-corrected chi connectivity index (χ1v) is 2.00. The van der Waals surface area contributed by atoms with Gasteiger partial charge in [-0.05, 0) is 0 Å². The second-order valence-corrected chi connectivity index (χ2v) is 0.577. The molecule has 0 radical (unpaired) electrons. The number of hydrogen-bond acceptors (Lipinski definition) is 1. The fraction of sp³-hybridized carbons (Fsp3) is 0.667. The summed E-state index contributed by atoms with van der Waals surface area (Å²) in [5.74, 6) is 0. The first-order chi connectivity index (χ1) is 2.41. The monoisotopic (exact) mass is 110 g/mol. The Morgan fingerprint density at radius 1 is 1.40 bits per heavy atom. The van der Waals surface area contributed by atoms with Gasteiger partial charge in [-0.1, -0.05) is 0 Å². The zero-order valence-corrected chi connectivity index (χ0v) is 4.76. The summed E-state index contributed by atoms with van der Waals surface area (Å²) in [6.07, 6.45) is 2.00. The van der Waals surface area contributed by atoms with Crippen molar-refractivity contribution in [1.29, 1.82) is 4.35 Å². The van der Waals surface area contributed by atoms with E-state index in [1.165, 1.54) is 0 Å². The quantitative estimate of drug-likeness (QED) is 0.457. The van der Waals surface area contributed by atoms with Crippen LogP contribution >= 0.6 is 0 Å². The summed E-state index contributed by atoms with van der Waals surface area (Å²) in [6.45, 7) is 4.00. The van der Waals surface area contributed by atoms with Crippen molar-refractivity contribution in [3.63, 3.8) is 0 Å². The number of rotatable bonds is 0. The van der Waals surface area contributed by atoms with Gasteiger partial charge in [0.15, 0.2) is 0 Å². The molecule has 0 amide bonds. The van der Waals surface area contributed by atoms with Gasteiger partial charge in [0.1, 0.15) is 0 Å². The van der Waals surface area contributed by atoms with E-state index in [-0.39, 0.29) is 0 Å². The summed E-state index contributed by atoms with van der Waals surface area (Å²) in [6, 6.07) is 0. The second kappa shape index (κ2) is 27.1. The molecule has 0 aliphatic rings. The average Bonchev–Trinajstić information content (AvgIpc) is 1.46. The number of hydrogen-bond donors (Lipinski definition) is 1. The molecule has 0 aromatic heterocycles. The van der Waals surface area contributed by atoms with Gasteiger partial charge < -0.3 is 6.42 Å². The predicted octanol–water partition coefficient (Wildman–Crippen LogP) is 1.53. The molecule has 5 heavy (non-hydrogen) atoms. The average molecular weight is 110 g/mol. The Morgan fingerprint density at radius 3 is 1.40 bits per heavy atom. The molecule has 0 aromatic rings. The molecule has 0 saturated heterocycles. The van der Waals surface area contributed by atoms with Crippen molar-refractivity contribution < 1.29 is 16.1 Å². The van der Waals surface area contributed by atoms with E-state index in [0.29, 0.717) is 0 Å². The third kappa shape index (κ3) is 213. The van der Waals surface area contributed by atoms with Crippen molar-refractivity contribution in [3.8, 4) is 0 Å². The first kappa shape index (κ1) is 9.01. The molecule has 1 N–H and O–H groups in total. The van der Waals surface area contributed by atoms with Crippen molar-refractivity contribution in [1.82, 2.24) is 0 Å². The van der Waals surface area contributed by atoms with Crippen LogP contribution < -0.4 is 0 Å². The van der Waals surface area contributed by atoms with E-state index in [0.717, 1.165) is 0 Å². The van der Waals surface area contributed by atoms with Crippen LogP contribution in [0.4, 0.5) is 0 Å². The Morgan fingerprint density at radius 2 is 1.40 bits per heavy atom. The summed E-state index contributed by atoms with van der Waals surface area (Å²) in [5.41, 5.74) is 0. The third-order valence-corrected chi connectivity index (χ3v) is 0. The minimum atomic E-state index is 1.88. The molecule has 32 valence electrons. The van der Waals surface area contributed by atoms with E-state index in [2.05, 4.69) is 0 Å². The van der Waals surface area contributed by atoms with E-state index in [9.17, 15) is 0 Å². The van der Waals surface area contributed by atoms with Crippen molar-refractivity contribution in [3.05, 3.63) is 6.42 Å². The molecule has 0 heterocycles. The zero-order valence-electron chi connectivity index (χ0n) is 3.49. The van der Waals surface area contributed by atoms with Crippen molar-refractivity contribution in [2.24, 2.45) is 0 Å². The number of nitrogens with one attached hydrogen (secondary N) is 1. The van der Waals surface area contributed by atoms with Gasteiger partial charge in [-0.15, -0.1) is 0 Å². The van der Waals surface area contributed by atoms with Gasteiger partial charge in [-0.2, -0.15) is 13.8 Å². The molecular formula is C3H8CrN-. The van der Waals surface area contributed by atoms with Gasteiger partial charge in [0.25, 0.3) is 0 Å². The van der Waals surface area contributed by atoms with E-state index in [1.54, 1.807) is 0 Å². The maximum atomic E-state index is 5.62. The van der Waals surface area contributed by atoms with E-state index < -0.39 is 0 Å². The fourth-order valence-electron chi connectivity index (χ4n) is 0. The minimum absolute atomic E-state index is 1.88. The molecule has 0 aromatic carbocycles. The Balaban J connectivity index is 0. The molecule has 0 rings (SSSR count). The summed E-state index contributed by atoms with van der Waals surface area (Å²) in [4.78, 5) is 0. The molecule has 2 heteroatoms. The summed E-state index contributed by atoms with van der Waals surface area (Å²) >= 11 is 1.88. The van der Waals surface area contributed by atoms with Gasteiger partial charge >= 0.3 is 20.4 Å². The molecule has 0 aliphatic carbocycles. The second-order valence-electron chi connectivity index (χ2n) is 0.577. The molecule has 0 aliphatic heterocycles. The normalized spacial score (nSPS) is 4.40. The summed E-state index contributed by atoms with van der Waals surface area (Å²) in [7, 11) is 0. The predicted molar refractivity (Wildman–Crippen MR) is 18.4 cm³/mol. The zero-order chi connectivity index (χ0) is 4.71. The van der Waals surface area contributed by atoms with Crippen LogP contribution in [0.2, 0.25) is 0 Å². The van der Waals surface area contributed by atoms with Crippen molar-refractivity contribution >= 4 is 0 Å². The molecule has 0 fully saturated rings. The topological polar surface area (TPSA) is 23.9 Å². The van der Waals surface area contributed by atoms with Crippen LogP contribution in [0.15, 0.2) is 0 Å². The van der Waals surface area contributed by atoms with Crippen LogP contribution in [0.5, 0.6) is 0 Å². The summed E-state index contributed by atoms with van der Waals surface area (Å²) in [5, 5.41) is 0. The van der Waals surface area contributed by atoms with Crippen LogP contribution in [0.3, 0.4) is 0 Å². The van der Waals surface area contributed by atoms with E-state index in [1.807, 2.05) is 36.4 Å². The van der Waals surface area contributed by atoms with Crippen LogP contribution in [-0.4, -0.2) is 0 Å². The van der Waals surface area contributed by atoms with Gasteiger partial charge in [-0.3, -0.25) is 0 Å². The van der Waals surface area contributed by atoms with E-state index in [4.69, 9.17) is 4.35 Å². The molecule has 0 unspecified atom stereocenters. The molecule has 1 nitrogen and oxygen atoms in total. The van der Waals surface area contributed by atoms with Crippen molar-refractivity contribution in [2.45, 2.75) is 13.8 Å². The first-order valence-electron chi connectivity index (χ1n) is 1.36. The Kier molecular flexibility index (Phi) is 48.8. The van der Waals surface area contributed by atoms with E-state index >= 15 is 0 Å².